The predicted molar refractivity (Wildman–Crippen MR) is 47.7 cm³/mol. The first-order valence-corrected chi connectivity index (χ1v) is 4.28. The Kier molecular flexibility index (Phi) is 1.37. The molecule has 2 unspecified atom stereocenters. The van der Waals surface area contributed by atoms with E-state index in [1.807, 2.05) is 17.9 Å². The van der Waals surface area contributed by atoms with Gasteiger partial charge in [-0.3, -0.25) is 4.68 Å². The van der Waals surface area contributed by atoms with Crippen LogP contribution in [0.25, 0.3) is 0 Å². The Balaban J connectivity index is 2.24. The zero-order valence-electron chi connectivity index (χ0n) is 7.78. The van der Waals surface area contributed by atoms with Crippen molar-refractivity contribution in [3.8, 4) is 0 Å². The van der Waals surface area contributed by atoms with Crippen LogP contribution in [0, 0.1) is 5.41 Å². The minimum Gasteiger partial charge on any atom is -0.327 e. The molecule has 1 saturated carbocycles. The number of aryl methyl sites for hydroxylation is 1. The summed E-state index contributed by atoms with van der Waals surface area (Å²) in [6.07, 6.45) is 1.97. The summed E-state index contributed by atoms with van der Waals surface area (Å²) in [5, 5.41) is 4.36. The molecule has 1 heterocycles. The van der Waals surface area contributed by atoms with Crippen molar-refractivity contribution >= 4 is 0 Å². The number of hydrogen-bond acceptors (Lipinski definition) is 2. The highest BCUT2D eigenvalue weighted by atomic mass is 15.3. The average Bonchev–Trinajstić information content (AvgIpc) is 2.38. The van der Waals surface area contributed by atoms with Crippen molar-refractivity contribution in [2.24, 2.45) is 18.2 Å². The Morgan fingerprint density at radius 2 is 2.17 bits per heavy atom. The molecule has 2 N–H and O–H groups in total. The predicted octanol–water partition coefficient (Wildman–Crippen LogP) is 0.871. The molecule has 3 nitrogen and oxygen atoms in total. The SMILES string of the molecule is Cn1ccc(C2C(N)C2(C)C)n1. The lowest BCUT2D eigenvalue weighted by Gasteiger charge is -1.97. The van der Waals surface area contributed by atoms with Crippen LogP contribution in [0.1, 0.15) is 25.5 Å². The molecule has 2 atom stereocenters. The maximum Gasteiger partial charge on any atom is 0.0677 e. The second kappa shape index (κ2) is 2.10. The van der Waals surface area contributed by atoms with E-state index >= 15 is 0 Å². The normalized spacial score (nSPS) is 32.0. The Labute approximate surface area is 72.6 Å². The van der Waals surface area contributed by atoms with Gasteiger partial charge < -0.3 is 5.73 Å². The molecule has 66 valence electrons. The van der Waals surface area contributed by atoms with Crippen molar-refractivity contribution in [2.75, 3.05) is 0 Å². The first kappa shape index (κ1) is 7.80. The fourth-order valence-corrected chi connectivity index (χ4v) is 1.84. The van der Waals surface area contributed by atoms with Crippen molar-refractivity contribution < 1.29 is 0 Å². The van der Waals surface area contributed by atoms with E-state index in [1.54, 1.807) is 0 Å². The molecule has 1 aliphatic carbocycles. The van der Waals surface area contributed by atoms with Gasteiger partial charge in [0, 0.05) is 25.2 Å². The lowest BCUT2D eigenvalue weighted by atomic mass is 10.1. The van der Waals surface area contributed by atoms with Crippen LogP contribution in [0.5, 0.6) is 0 Å². The van der Waals surface area contributed by atoms with E-state index in [9.17, 15) is 0 Å². The van der Waals surface area contributed by atoms with E-state index in [0.717, 1.165) is 5.69 Å². The maximum atomic E-state index is 5.94. The second-order valence-electron chi connectivity index (χ2n) is 4.24. The third-order valence-corrected chi connectivity index (χ3v) is 2.96. The molecule has 1 aliphatic rings. The maximum absolute atomic E-state index is 5.94. The summed E-state index contributed by atoms with van der Waals surface area (Å²) >= 11 is 0. The topological polar surface area (TPSA) is 43.8 Å². The van der Waals surface area contributed by atoms with E-state index in [1.165, 1.54) is 0 Å². The Morgan fingerprint density at radius 3 is 2.50 bits per heavy atom. The molecule has 0 amide bonds. The number of rotatable bonds is 1. The standard InChI is InChI=1S/C9H15N3/c1-9(2)7(8(9)10)6-4-5-12(3)11-6/h4-5,7-8H,10H2,1-3H3. The van der Waals surface area contributed by atoms with Gasteiger partial charge in [-0.15, -0.1) is 0 Å². The quantitative estimate of drug-likeness (QED) is 0.671. The molecular formula is C9H15N3. The molecule has 0 aromatic carbocycles. The molecule has 1 aromatic rings. The van der Waals surface area contributed by atoms with Crippen LogP contribution in [0.3, 0.4) is 0 Å². The zero-order valence-corrected chi connectivity index (χ0v) is 7.78. The Hall–Kier alpha value is -0.830. The van der Waals surface area contributed by atoms with Crippen LogP contribution in [0.4, 0.5) is 0 Å². The molecule has 0 radical (unpaired) electrons. The Bertz CT molecular complexity index is 300. The zero-order chi connectivity index (χ0) is 8.93. The second-order valence-corrected chi connectivity index (χ2v) is 4.24. The van der Waals surface area contributed by atoms with Crippen LogP contribution in [0.15, 0.2) is 12.3 Å². The summed E-state index contributed by atoms with van der Waals surface area (Å²) in [6, 6.07) is 2.34. The van der Waals surface area contributed by atoms with E-state index in [4.69, 9.17) is 5.73 Å². The molecule has 2 rings (SSSR count). The molecule has 0 aliphatic heterocycles. The monoisotopic (exact) mass is 165 g/mol. The summed E-state index contributed by atoms with van der Waals surface area (Å²) in [7, 11) is 1.93. The highest BCUT2D eigenvalue weighted by molar-refractivity contribution is 5.27. The molecule has 0 saturated heterocycles. The van der Waals surface area contributed by atoms with Gasteiger partial charge in [0.2, 0.25) is 0 Å². The number of aromatic nitrogens is 2. The summed E-state index contributed by atoms with van der Waals surface area (Å²) in [6.45, 7) is 4.38. The highest BCUT2D eigenvalue weighted by Crippen LogP contribution is 2.56. The van der Waals surface area contributed by atoms with Crippen molar-refractivity contribution in [3.63, 3.8) is 0 Å². The van der Waals surface area contributed by atoms with E-state index < -0.39 is 0 Å². The van der Waals surface area contributed by atoms with Crippen LogP contribution >= 0.6 is 0 Å². The minimum atomic E-state index is 0.244. The van der Waals surface area contributed by atoms with Crippen molar-refractivity contribution in [2.45, 2.75) is 25.8 Å². The highest BCUT2D eigenvalue weighted by Gasteiger charge is 2.57. The molecule has 12 heavy (non-hydrogen) atoms. The van der Waals surface area contributed by atoms with Gasteiger partial charge >= 0.3 is 0 Å². The van der Waals surface area contributed by atoms with Gasteiger partial charge in [-0.05, 0) is 11.5 Å². The van der Waals surface area contributed by atoms with Crippen LogP contribution in [0.2, 0.25) is 0 Å². The van der Waals surface area contributed by atoms with Gasteiger partial charge in [0.25, 0.3) is 0 Å². The molecule has 1 aromatic heterocycles. The lowest BCUT2D eigenvalue weighted by molar-refractivity contribution is 0.591. The first-order chi connectivity index (χ1) is 5.53. The number of nitrogens with two attached hydrogens (primary N) is 1. The van der Waals surface area contributed by atoms with Crippen LogP contribution in [-0.2, 0) is 7.05 Å². The van der Waals surface area contributed by atoms with E-state index in [2.05, 4.69) is 25.0 Å². The molecular weight excluding hydrogens is 150 g/mol. The largest absolute Gasteiger partial charge is 0.327 e. The van der Waals surface area contributed by atoms with Gasteiger partial charge in [-0.25, -0.2) is 0 Å². The van der Waals surface area contributed by atoms with Crippen LogP contribution < -0.4 is 5.73 Å². The van der Waals surface area contributed by atoms with Gasteiger partial charge in [0.15, 0.2) is 0 Å². The van der Waals surface area contributed by atoms with Gasteiger partial charge in [-0.2, -0.15) is 5.10 Å². The summed E-state index contributed by atoms with van der Waals surface area (Å²) in [5.74, 6) is 0.457. The van der Waals surface area contributed by atoms with Gasteiger partial charge in [0.05, 0.1) is 5.69 Å². The van der Waals surface area contributed by atoms with E-state index in [0.29, 0.717) is 5.92 Å². The Morgan fingerprint density at radius 1 is 1.58 bits per heavy atom. The first-order valence-electron chi connectivity index (χ1n) is 4.28. The summed E-state index contributed by atoms with van der Waals surface area (Å²) in [5.41, 5.74) is 7.31. The minimum absolute atomic E-state index is 0.244. The third kappa shape index (κ3) is 0.894. The van der Waals surface area contributed by atoms with Gasteiger partial charge in [0.1, 0.15) is 0 Å². The van der Waals surface area contributed by atoms with Crippen LogP contribution in [-0.4, -0.2) is 15.8 Å². The van der Waals surface area contributed by atoms with Gasteiger partial charge in [-0.1, -0.05) is 13.8 Å². The number of nitrogens with zero attached hydrogens (tertiary/aromatic N) is 2. The lowest BCUT2D eigenvalue weighted by Crippen LogP contribution is -2.06. The average molecular weight is 165 g/mol. The smallest absolute Gasteiger partial charge is 0.0677 e. The fraction of sp³-hybridized carbons (Fsp3) is 0.667. The van der Waals surface area contributed by atoms with Crippen molar-refractivity contribution in [1.82, 2.24) is 9.78 Å². The molecule has 0 spiro atoms. The summed E-state index contributed by atoms with van der Waals surface area (Å²) < 4.78 is 1.83. The van der Waals surface area contributed by atoms with Crippen molar-refractivity contribution in [3.05, 3.63) is 18.0 Å². The van der Waals surface area contributed by atoms with E-state index in [-0.39, 0.29) is 11.5 Å². The molecule has 1 fully saturated rings. The molecule has 0 bridgehead atoms. The van der Waals surface area contributed by atoms with Crippen molar-refractivity contribution in [1.29, 1.82) is 0 Å². The molecule has 3 heteroatoms. The number of hydrogen-bond donors (Lipinski definition) is 1. The fourth-order valence-electron chi connectivity index (χ4n) is 1.84. The third-order valence-electron chi connectivity index (χ3n) is 2.96. The summed E-state index contributed by atoms with van der Waals surface area (Å²) in [4.78, 5) is 0.